The summed E-state index contributed by atoms with van der Waals surface area (Å²) in [7, 11) is 0. The average molecular weight is 412 g/mol. The molecule has 1 aromatic heterocycles. The molecule has 160 valence electrons. The van der Waals surface area contributed by atoms with Crippen molar-refractivity contribution < 1.29 is 14.7 Å². The highest BCUT2D eigenvalue weighted by atomic mass is 16.3. The van der Waals surface area contributed by atoms with Crippen LogP contribution in [0.4, 0.5) is 5.69 Å². The van der Waals surface area contributed by atoms with E-state index in [1.807, 2.05) is 23.7 Å². The van der Waals surface area contributed by atoms with Crippen LogP contribution in [0, 0.1) is 12.3 Å². The van der Waals surface area contributed by atoms with Crippen molar-refractivity contribution in [3.05, 3.63) is 40.7 Å². The molecule has 5 N–H and O–H groups in total. The Balaban J connectivity index is 1.73. The van der Waals surface area contributed by atoms with Crippen LogP contribution in [0.5, 0.6) is 0 Å². The van der Waals surface area contributed by atoms with Gasteiger partial charge in [0, 0.05) is 24.7 Å². The Morgan fingerprint density at radius 2 is 2.10 bits per heavy atom. The van der Waals surface area contributed by atoms with Gasteiger partial charge in [0.1, 0.15) is 6.23 Å². The second kappa shape index (κ2) is 7.52. The number of amides is 1. The maximum Gasteiger partial charge on any atom is 0.250 e. The summed E-state index contributed by atoms with van der Waals surface area (Å²) in [5.41, 5.74) is 9.63. The zero-order valence-electron chi connectivity index (χ0n) is 17.7. The van der Waals surface area contributed by atoms with E-state index in [1.165, 1.54) is 0 Å². The van der Waals surface area contributed by atoms with Crippen LogP contribution in [0.1, 0.15) is 65.2 Å². The molecular weight excluding hydrogens is 382 g/mol. The minimum Gasteiger partial charge on any atom is -0.380 e. The number of nitrogens with two attached hydrogens (primary N) is 1. The molecule has 1 aliphatic carbocycles. The van der Waals surface area contributed by atoms with E-state index in [0.717, 1.165) is 29.9 Å². The molecule has 8 nitrogen and oxygen atoms in total. The average Bonchev–Trinajstić information content (AvgIpc) is 2.98. The number of nitrogens with zero attached hydrogens (tertiary/aromatic N) is 2. The van der Waals surface area contributed by atoms with Gasteiger partial charge in [0.2, 0.25) is 0 Å². The van der Waals surface area contributed by atoms with Crippen molar-refractivity contribution >= 4 is 17.4 Å². The number of anilines is 1. The van der Waals surface area contributed by atoms with Crippen LogP contribution in [0.25, 0.3) is 5.69 Å². The Bertz CT molecular complexity index is 1000. The smallest absolute Gasteiger partial charge is 0.250 e. The van der Waals surface area contributed by atoms with Gasteiger partial charge < -0.3 is 16.2 Å². The van der Waals surface area contributed by atoms with Gasteiger partial charge in [-0.3, -0.25) is 14.9 Å². The molecule has 0 unspecified atom stereocenters. The molecule has 0 spiro atoms. The first-order valence-electron chi connectivity index (χ1n) is 10.4. The normalized spacial score (nSPS) is 23.1. The molecule has 2 aliphatic rings. The van der Waals surface area contributed by atoms with Gasteiger partial charge in [-0.25, -0.2) is 4.68 Å². The van der Waals surface area contributed by atoms with E-state index in [1.54, 1.807) is 6.07 Å². The van der Waals surface area contributed by atoms with Gasteiger partial charge in [0.05, 0.1) is 28.2 Å². The first-order chi connectivity index (χ1) is 14.1. The minimum atomic E-state index is -0.511. The molecule has 1 saturated heterocycles. The van der Waals surface area contributed by atoms with E-state index in [-0.39, 0.29) is 17.2 Å². The molecule has 2 atom stereocenters. The molecule has 1 aromatic carbocycles. The number of carbonyl (C=O) groups excluding carboxylic acids is 2. The maximum absolute atomic E-state index is 12.7. The molecule has 1 aliphatic heterocycles. The molecule has 4 rings (SSSR count). The van der Waals surface area contributed by atoms with E-state index in [9.17, 15) is 14.7 Å². The Labute approximate surface area is 175 Å². The van der Waals surface area contributed by atoms with E-state index < -0.39 is 12.1 Å². The van der Waals surface area contributed by atoms with Crippen LogP contribution < -0.4 is 16.4 Å². The number of Topliss-reactive ketones (excluding diaryl/α,β-unsaturated/α-hetero) is 1. The SMILES string of the molecule is Cc1nn(-c2ccc(C(N)=O)c(N[C@H]3CC[C@H](O)NC3)c2)c2c1C(=O)CC(C)(C)C2. The largest absolute Gasteiger partial charge is 0.380 e. The number of piperidine rings is 1. The number of hydrogen-bond donors (Lipinski definition) is 4. The van der Waals surface area contributed by atoms with Crippen molar-refractivity contribution in [3.63, 3.8) is 0 Å². The van der Waals surface area contributed by atoms with Crippen LogP contribution in [0.15, 0.2) is 18.2 Å². The standard InChI is InChI=1S/C22H29N5O3/c1-12-20-17(9-22(2,3)10-18(20)28)27(26-12)14-5-6-15(21(23)30)16(8-14)25-13-4-7-19(29)24-11-13/h5-6,8,13,19,24-25,29H,4,7,9-11H2,1-3H3,(H2,23,30)/t13-,19-/m0/s1. The number of ketones is 1. The molecule has 0 bridgehead atoms. The lowest BCUT2D eigenvalue weighted by Gasteiger charge is -2.30. The van der Waals surface area contributed by atoms with Crippen molar-refractivity contribution in [2.75, 3.05) is 11.9 Å². The lowest BCUT2D eigenvalue weighted by Crippen LogP contribution is -2.44. The van der Waals surface area contributed by atoms with Crippen molar-refractivity contribution in [1.29, 1.82) is 0 Å². The molecular formula is C22H29N5O3. The van der Waals surface area contributed by atoms with Crippen molar-refractivity contribution in [1.82, 2.24) is 15.1 Å². The van der Waals surface area contributed by atoms with Gasteiger partial charge in [0.15, 0.2) is 5.78 Å². The fourth-order valence-corrected chi connectivity index (χ4v) is 4.54. The molecule has 0 saturated carbocycles. The van der Waals surface area contributed by atoms with Gasteiger partial charge >= 0.3 is 0 Å². The number of aliphatic hydroxyl groups excluding tert-OH is 1. The topological polar surface area (TPSA) is 122 Å². The monoisotopic (exact) mass is 411 g/mol. The summed E-state index contributed by atoms with van der Waals surface area (Å²) in [5, 5.41) is 20.7. The van der Waals surface area contributed by atoms with Gasteiger partial charge in [-0.2, -0.15) is 5.10 Å². The fraction of sp³-hybridized carbons (Fsp3) is 0.500. The van der Waals surface area contributed by atoms with E-state index in [2.05, 4.69) is 29.6 Å². The molecule has 2 aromatic rings. The summed E-state index contributed by atoms with van der Waals surface area (Å²) in [6.07, 6.45) is 2.17. The summed E-state index contributed by atoms with van der Waals surface area (Å²) in [5.74, 6) is -0.383. The lowest BCUT2D eigenvalue weighted by atomic mass is 9.75. The Hall–Kier alpha value is -2.71. The first kappa shape index (κ1) is 20.6. The summed E-state index contributed by atoms with van der Waals surface area (Å²) in [4.78, 5) is 24.7. The summed E-state index contributed by atoms with van der Waals surface area (Å²) in [6.45, 7) is 6.63. The van der Waals surface area contributed by atoms with Gasteiger partial charge in [-0.05, 0) is 49.8 Å². The van der Waals surface area contributed by atoms with Crippen LogP contribution in [-0.4, -0.2) is 45.4 Å². The predicted molar refractivity (Wildman–Crippen MR) is 114 cm³/mol. The Kier molecular flexibility index (Phi) is 5.15. The van der Waals surface area contributed by atoms with Gasteiger partial charge in [-0.1, -0.05) is 13.8 Å². The zero-order valence-corrected chi connectivity index (χ0v) is 17.7. The number of hydrogen-bond acceptors (Lipinski definition) is 6. The highest BCUT2D eigenvalue weighted by molar-refractivity contribution is 6.00. The maximum atomic E-state index is 12.7. The third-order valence-corrected chi connectivity index (χ3v) is 5.98. The highest BCUT2D eigenvalue weighted by Crippen LogP contribution is 2.37. The summed E-state index contributed by atoms with van der Waals surface area (Å²) < 4.78 is 1.82. The number of rotatable bonds is 4. The number of aromatic nitrogens is 2. The Morgan fingerprint density at radius 3 is 2.77 bits per heavy atom. The number of aliphatic hydroxyl groups is 1. The van der Waals surface area contributed by atoms with Crippen molar-refractivity contribution in [2.45, 2.75) is 58.7 Å². The zero-order chi connectivity index (χ0) is 21.6. The number of benzene rings is 1. The van der Waals surface area contributed by atoms with Crippen LogP contribution in [-0.2, 0) is 6.42 Å². The Morgan fingerprint density at radius 1 is 1.33 bits per heavy atom. The van der Waals surface area contributed by atoms with Crippen LogP contribution >= 0.6 is 0 Å². The number of primary amides is 1. The number of carbonyl (C=O) groups is 2. The van der Waals surface area contributed by atoms with Gasteiger partial charge in [0.25, 0.3) is 5.91 Å². The predicted octanol–water partition coefficient (Wildman–Crippen LogP) is 1.92. The molecule has 8 heteroatoms. The molecule has 1 fully saturated rings. The number of nitrogens with one attached hydrogen (secondary N) is 2. The van der Waals surface area contributed by atoms with Crippen LogP contribution in [0.3, 0.4) is 0 Å². The third-order valence-electron chi connectivity index (χ3n) is 5.98. The molecule has 0 radical (unpaired) electrons. The van der Waals surface area contributed by atoms with E-state index >= 15 is 0 Å². The van der Waals surface area contributed by atoms with Crippen molar-refractivity contribution in [2.24, 2.45) is 11.1 Å². The molecule has 1 amide bonds. The molecule has 30 heavy (non-hydrogen) atoms. The molecule has 2 heterocycles. The minimum absolute atomic E-state index is 0.0653. The fourth-order valence-electron chi connectivity index (χ4n) is 4.54. The van der Waals surface area contributed by atoms with Crippen molar-refractivity contribution in [3.8, 4) is 5.69 Å². The second-order valence-electron chi connectivity index (χ2n) is 9.20. The van der Waals surface area contributed by atoms with Crippen LogP contribution in [0.2, 0.25) is 0 Å². The first-order valence-corrected chi connectivity index (χ1v) is 10.4. The lowest BCUT2D eigenvalue weighted by molar-refractivity contribution is 0.0909. The van der Waals surface area contributed by atoms with E-state index in [4.69, 9.17) is 5.73 Å². The van der Waals surface area contributed by atoms with E-state index in [0.29, 0.717) is 36.2 Å². The number of aryl methyl sites for hydroxylation is 1. The number of fused-ring (bicyclic) bond motifs is 1. The van der Waals surface area contributed by atoms with Gasteiger partial charge in [-0.15, -0.1) is 0 Å². The summed E-state index contributed by atoms with van der Waals surface area (Å²) >= 11 is 0. The summed E-state index contributed by atoms with van der Waals surface area (Å²) in [6, 6.07) is 5.44. The third kappa shape index (κ3) is 3.85. The quantitative estimate of drug-likeness (QED) is 0.610. The highest BCUT2D eigenvalue weighted by Gasteiger charge is 2.35. The second-order valence-corrected chi connectivity index (χ2v) is 9.20.